The van der Waals surface area contributed by atoms with Gasteiger partial charge < -0.3 is 9.64 Å². The van der Waals surface area contributed by atoms with Gasteiger partial charge in [0.1, 0.15) is 17.5 Å². The SMILES string of the molecule is Cc1ccc(OC2CC3CCC2N(C(=O)c2cccnc2-c2ncccc2F)C3)nc1. The topological polar surface area (TPSA) is 68.2 Å². The van der Waals surface area contributed by atoms with Gasteiger partial charge in [0.25, 0.3) is 5.91 Å². The molecule has 7 heteroatoms. The third-order valence-electron chi connectivity index (χ3n) is 6.16. The lowest BCUT2D eigenvalue weighted by molar-refractivity contribution is -0.0313. The Hall–Kier alpha value is -3.35. The van der Waals surface area contributed by atoms with Crippen molar-refractivity contribution in [2.75, 3.05) is 6.54 Å². The standard InChI is InChI=1S/C24H23FN4O2/c1-15-6-9-21(28-13-15)31-20-12-16-7-8-19(20)29(14-16)24(30)17-4-2-10-26-22(17)23-18(25)5-3-11-27-23/h2-6,9-11,13,16,19-20H,7-8,12,14H2,1H3. The van der Waals surface area contributed by atoms with Gasteiger partial charge in [-0.3, -0.25) is 14.8 Å². The lowest BCUT2D eigenvalue weighted by Crippen LogP contribution is -2.59. The van der Waals surface area contributed by atoms with Crippen LogP contribution in [0, 0.1) is 18.7 Å². The summed E-state index contributed by atoms with van der Waals surface area (Å²) in [6.07, 6.45) is 7.57. The Bertz CT molecular complexity index is 1100. The number of ether oxygens (including phenoxy) is 1. The van der Waals surface area contributed by atoms with Crippen LogP contribution in [0.4, 0.5) is 4.39 Å². The number of pyridine rings is 3. The Morgan fingerprint density at radius 2 is 1.87 bits per heavy atom. The molecule has 1 aliphatic carbocycles. The number of rotatable bonds is 4. The maximum Gasteiger partial charge on any atom is 0.256 e. The van der Waals surface area contributed by atoms with E-state index < -0.39 is 5.82 Å². The zero-order chi connectivity index (χ0) is 21.4. The second kappa shape index (κ2) is 8.06. The zero-order valence-corrected chi connectivity index (χ0v) is 17.2. The molecule has 3 atom stereocenters. The highest BCUT2D eigenvalue weighted by molar-refractivity contribution is 5.99. The summed E-state index contributed by atoms with van der Waals surface area (Å²) >= 11 is 0. The van der Waals surface area contributed by atoms with Crippen LogP contribution in [-0.2, 0) is 0 Å². The fourth-order valence-electron chi connectivity index (χ4n) is 4.65. The van der Waals surface area contributed by atoms with Crippen LogP contribution in [0.15, 0.2) is 55.0 Å². The van der Waals surface area contributed by atoms with Gasteiger partial charge in [0.15, 0.2) is 5.82 Å². The highest BCUT2D eigenvalue weighted by Crippen LogP contribution is 2.38. The summed E-state index contributed by atoms with van der Waals surface area (Å²) in [5.41, 5.74) is 1.79. The maximum atomic E-state index is 14.4. The minimum atomic E-state index is -0.498. The summed E-state index contributed by atoms with van der Waals surface area (Å²) in [4.78, 5) is 28.2. The molecule has 0 aromatic carbocycles. The number of carbonyl (C=O) groups excluding carboxylic acids is 1. The van der Waals surface area contributed by atoms with E-state index in [1.54, 1.807) is 24.5 Å². The van der Waals surface area contributed by atoms with Gasteiger partial charge in [-0.05, 0) is 61.9 Å². The molecule has 158 valence electrons. The molecular formula is C24H23FN4O2. The molecule has 2 saturated heterocycles. The number of piperidine rings is 2. The number of aryl methyl sites for hydroxylation is 1. The van der Waals surface area contributed by atoms with Crippen LogP contribution in [0.5, 0.6) is 5.88 Å². The lowest BCUT2D eigenvalue weighted by Gasteiger charge is -2.49. The molecular weight excluding hydrogens is 395 g/mol. The molecule has 3 unspecified atom stereocenters. The summed E-state index contributed by atoms with van der Waals surface area (Å²) in [6, 6.07) is 10.0. The fraction of sp³-hybridized carbons (Fsp3) is 0.333. The van der Waals surface area contributed by atoms with Gasteiger partial charge in [-0.15, -0.1) is 0 Å². The first kappa shape index (κ1) is 19.6. The molecule has 1 amide bonds. The molecule has 31 heavy (non-hydrogen) atoms. The molecule has 6 rings (SSSR count). The van der Waals surface area contributed by atoms with Gasteiger partial charge in [0.05, 0.1) is 11.6 Å². The monoisotopic (exact) mass is 418 g/mol. The van der Waals surface area contributed by atoms with Crippen LogP contribution >= 0.6 is 0 Å². The average molecular weight is 418 g/mol. The molecule has 0 radical (unpaired) electrons. The van der Waals surface area contributed by atoms with Gasteiger partial charge >= 0.3 is 0 Å². The molecule has 6 nitrogen and oxygen atoms in total. The normalized spacial score (nSPS) is 22.4. The molecule has 2 bridgehead atoms. The van der Waals surface area contributed by atoms with Crippen molar-refractivity contribution >= 4 is 5.91 Å². The first-order chi connectivity index (χ1) is 15.1. The van der Waals surface area contributed by atoms with E-state index in [0.717, 1.165) is 24.8 Å². The summed E-state index contributed by atoms with van der Waals surface area (Å²) in [7, 11) is 0. The Kier molecular flexibility index (Phi) is 5.10. The number of aromatic nitrogens is 3. The van der Waals surface area contributed by atoms with E-state index in [-0.39, 0.29) is 29.4 Å². The average Bonchev–Trinajstić information content (AvgIpc) is 2.81. The third-order valence-corrected chi connectivity index (χ3v) is 6.16. The van der Waals surface area contributed by atoms with E-state index in [1.165, 1.54) is 18.3 Å². The Balaban J connectivity index is 1.44. The number of fused-ring (bicyclic) bond motifs is 3. The molecule has 5 heterocycles. The van der Waals surface area contributed by atoms with Crippen molar-refractivity contribution in [3.63, 3.8) is 0 Å². The van der Waals surface area contributed by atoms with Crippen molar-refractivity contribution in [2.45, 2.75) is 38.3 Å². The number of hydrogen-bond acceptors (Lipinski definition) is 5. The minimum Gasteiger partial charge on any atom is -0.472 e. The van der Waals surface area contributed by atoms with Crippen molar-refractivity contribution in [2.24, 2.45) is 5.92 Å². The zero-order valence-electron chi connectivity index (χ0n) is 17.2. The molecule has 0 spiro atoms. The van der Waals surface area contributed by atoms with E-state index >= 15 is 0 Å². The number of carbonyl (C=O) groups is 1. The maximum absolute atomic E-state index is 14.4. The number of hydrogen-bond donors (Lipinski definition) is 0. The summed E-state index contributed by atoms with van der Waals surface area (Å²) in [5.74, 6) is 0.291. The van der Waals surface area contributed by atoms with Crippen LogP contribution in [-0.4, -0.2) is 44.4 Å². The predicted molar refractivity (Wildman–Crippen MR) is 113 cm³/mol. The third kappa shape index (κ3) is 3.76. The van der Waals surface area contributed by atoms with E-state index in [9.17, 15) is 9.18 Å². The van der Waals surface area contributed by atoms with Crippen molar-refractivity contribution in [1.29, 1.82) is 0 Å². The van der Waals surface area contributed by atoms with Crippen molar-refractivity contribution in [3.8, 4) is 17.3 Å². The quantitative estimate of drug-likeness (QED) is 0.639. The van der Waals surface area contributed by atoms with Crippen LogP contribution in [0.1, 0.15) is 35.2 Å². The van der Waals surface area contributed by atoms with E-state index in [2.05, 4.69) is 15.0 Å². The van der Waals surface area contributed by atoms with E-state index in [1.807, 2.05) is 24.0 Å². The Morgan fingerprint density at radius 3 is 2.61 bits per heavy atom. The molecule has 1 saturated carbocycles. The molecule has 3 aromatic heterocycles. The van der Waals surface area contributed by atoms with Crippen LogP contribution in [0.25, 0.3) is 11.4 Å². The smallest absolute Gasteiger partial charge is 0.256 e. The van der Waals surface area contributed by atoms with Gasteiger partial charge in [0, 0.05) is 31.2 Å². The van der Waals surface area contributed by atoms with Crippen LogP contribution in [0.3, 0.4) is 0 Å². The minimum absolute atomic E-state index is 0.0535. The largest absolute Gasteiger partial charge is 0.472 e. The van der Waals surface area contributed by atoms with E-state index in [0.29, 0.717) is 23.9 Å². The molecule has 3 aromatic rings. The Labute approximate surface area is 180 Å². The second-order valence-corrected chi connectivity index (χ2v) is 8.27. The number of amides is 1. The van der Waals surface area contributed by atoms with Gasteiger partial charge in [-0.1, -0.05) is 6.07 Å². The van der Waals surface area contributed by atoms with Crippen LogP contribution < -0.4 is 4.74 Å². The molecule has 3 fully saturated rings. The highest BCUT2D eigenvalue weighted by atomic mass is 19.1. The molecule has 2 aliphatic heterocycles. The predicted octanol–water partition coefficient (Wildman–Crippen LogP) is 4.06. The summed E-state index contributed by atoms with van der Waals surface area (Å²) in [6.45, 7) is 2.65. The van der Waals surface area contributed by atoms with Gasteiger partial charge in [-0.25, -0.2) is 9.37 Å². The van der Waals surface area contributed by atoms with Crippen molar-refractivity contribution in [3.05, 3.63) is 71.9 Å². The van der Waals surface area contributed by atoms with Gasteiger partial charge in [0.2, 0.25) is 5.88 Å². The first-order valence-electron chi connectivity index (χ1n) is 10.6. The lowest BCUT2D eigenvalue weighted by atomic mass is 9.77. The Morgan fingerprint density at radius 1 is 1.06 bits per heavy atom. The molecule has 0 N–H and O–H groups in total. The number of nitrogens with zero attached hydrogens (tertiary/aromatic N) is 4. The highest BCUT2D eigenvalue weighted by Gasteiger charge is 2.45. The van der Waals surface area contributed by atoms with Crippen molar-refractivity contribution < 1.29 is 13.9 Å². The van der Waals surface area contributed by atoms with Crippen molar-refractivity contribution in [1.82, 2.24) is 19.9 Å². The summed E-state index contributed by atoms with van der Waals surface area (Å²) < 4.78 is 20.6. The van der Waals surface area contributed by atoms with E-state index in [4.69, 9.17) is 4.74 Å². The fourth-order valence-corrected chi connectivity index (χ4v) is 4.65. The van der Waals surface area contributed by atoms with Crippen LogP contribution in [0.2, 0.25) is 0 Å². The number of halogens is 1. The van der Waals surface area contributed by atoms with Gasteiger partial charge in [-0.2, -0.15) is 0 Å². The molecule has 3 aliphatic rings. The summed E-state index contributed by atoms with van der Waals surface area (Å²) in [5, 5.41) is 0. The first-order valence-corrected chi connectivity index (χ1v) is 10.6. The second-order valence-electron chi connectivity index (χ2n) is 8.27.